The van der Waals surface area contributed by atoms with Crippen LogP contribution in [0.15, 0.2) is 60.8 Å². The standard InChI is InChI=1S/2C8H6BrS.C3H6.2ClH.Zr/c2*1-5-2-6-7(9)4-10-8(6)3-5;1-3-2;;;/h2*2,4,8H,1H3;1-2H3;2*1H;/q;;;;;+2/p-2. The van der Waals surface area contributed by atoms with Gasteiger partial charge in [-0.25, -0.2) is 0 Å². The van der Waals surface area contributed by atoms with E-state index >= 15 is 0 Å². The fourth-order valence-corrected chi connectivity index (χ4v) is 17.8. The van der Waals surface area contributed by atoms with Crippen LogP contribution in [0.4, 0.5) is 0 Å². The van der Waals surface area contributed by atoms with E-state index in [9.17, 15) is 0 Å². The molecule has 0 amide bonds. The van der Waals surface area contributed by atoms with Crippen LogP contribution in [-0.2, 0) is 21.3 Å². The monoisotopic (exact) mass is 628 g/mol. The molecule has 0 radical (unpaired) electrons. The summed E-state index contributed by atoms with van der Waals surface area (Å²) in [7, 11) is 0. The van der Waals surface area contributed by atoms with Crippen LogP contribution >= 0.6 is 55.4 Å². The summed E-state index contributed by atoms with van der Waals surface area (Å²) in [6, 6.07) is 0. The van der Waals surface area contributed by atoms with Crippen molar-refractivity contribution in [1.29, 1.82) is 0 Å². The van der Waals surface area contributed by atoms with Crippen molar-refractivity contribution in [2.24, 2.45) is 0 Å². The fraction of sp³-hybridized carbons (Fsp3) is 0.316. The van der Waals surface area contributed by atoms with Gasteiger partial charge in [0.15, 0.2) is 0 Å². The van der Waals surface area contributed by atoms with E-state index in [4.69, 9.17) is 0 Å². The summed E-state index contributed by atoms with van der Waals surface area (Å²) in [5.41, 5.74) is 6.06. The van der Waals surface area contributed by atoms with Gasteiger partial charge in [0.2, 0.25) is 0 Å². The summed E-state index contributed by atoms with van der Waals surface area (Å²) in [5.74, 6) is 0. The van der Waals surface area contributed by atoms with E-state index in [1.54, 1.807) is 9.77 Å². The van der Waals surface area contributed by atoms with Crippen LogP contribution < -0.4 is 24.8 Å². The minimum Gasteiger partial charge on any atom is -1.00 e. The van der Waals surface area contributed by atoms with Crippen LogP contribution in [0, 0.1) is 0 Å². The average Bonchev–Trinajstić information content (AvgIpc) is 3.21. The third-order valence-corrected chi connectivity index (χ3v) is 18.6. The van der Waals surface area contributed by atoms with Gasteiger partial charge in [0.25, 0.3) is 0 Å². The van der Waals surface area contributed by atoms with Crippen LogP contribution in [0.3, 0.4) is 0 Å². The Balaban J connectivity index is 0.00000121. The van der Waals surface area contributed by atoms with Crippen molar-refractivity contribution >= 4 is 58.6 Å². The van der Waals surface area contributed by atoms with Crippen molar-refractivity contribution in [1.82, 2.24) is 0 Å². The molecule has 0 saturated carbocycles. The predicted octanol–water partition coefficient (Wildman–Crippen LogP) is 0.956. The van der Waals surface area contributed by atoms with Gasteiger partial charge < -0.3 is 24.8 Å². The molecule has 4 rings (SSSR count). The molecule has 0 saturated heterocycles. The predicted molar refractivity (Wildman–Crippen MR) is 115 cm³/mol. The van der Waals surface area contributed by atoms with Crippen molar-refractivity contribution in [3.8, 4) is 0 Å². The SMILES string of the molecule is CC1=[C]([Zr+2]([C]2=C(C)C=C3C(Br)=CSC32)=[C](C)C)C2SC=C(Br)C2=C1.[Cl-].[Cl-]. The molecule has 26 heavy (non-hydrogen) atoms. The Morgan fingerprint density at radius 3 is 1.58 bits per heavy atom. The van der Waals surface area contributed by atoms with Gasteiger partial charge in [0, 0.05) is 0 Å². The number of hydrogen-bond acceptors (Lipinski definition) is 2. The molecule has 0 spiro atoms. The quantitative estimate of drug-likeness (QED) is 0.446. The Hall–Kier alpha value is 1.43. The number of halogens is 4. The summed E-state index contributed by atoms with van der Waals surface area (Å²) in [6.07, 6.45) is 4.86. The van der Waals surface area contributed by atoms with Crippen LogP contribution in [0.1, 0.15) is 27.7 Å². The Labute approximate surface area is 201 Å². The van der Waals surface area contributed by atoms with Crippen LogP contribution in [0.2, 0.25) is 0 Å². The fourth-order valence-electron chi connectivity index (χ4n) is 3.90. The molecule has 0 N–H and O–H groups in total. The molecular formula is C19H18Br2Cl2S2Zr. The first kappa shape index (κ1) is 23.7. The first-order valence-corrected chi connectivity index (χ1v) is 15.1. The number of rotatable bonds is 2. The summed E-state index contributed by atoms with van der Waals surface area (Å²) in [5, 5.41) is 5.71. The Kier molecular flexibility index (Phi) is 8.27. The maximum atomic E-state index is 3.75. The molecule has 0 aromatic carbocycles. The molecule has 2 atom stereocenters. The Morgan fingerprint density at radius 1 is 0.846 bits per heavy atom. The number of hydrogen-bond donors (Lipinski definition) is 0. The summed E-state index contributed by atoms with van der Waals surface area (Å²) < 4.78 is 7.85. The third-order valence-electron chi connectivity index (χ3n) is 4.89. The van der Waals surface area contributed by atoms with E-state index in [0.717, 1.165) is 0 Å². The summed E-state index contributed by atoms with van der Waals surface area (Å²) in [6.45, 7) is 9.44. The van der Waals surface area contributed by atoms with E-state index in [1.807, 2.05) is 23.5 Å². The van der Waals surface area contributed by atoms with Crippen molar-refractivity contribution in [3.63, 3.8) is 0 Å². The van der Waals surface area contributed by atoms with Crippen LogP contribution in [0.5, 0.6) is 0 Å². The molecule has 0 aromatic rings. The smallest absolute Gasteiger partial charge is 1.00 e. The molecular weight excluding hydrogens is 614 g/mol. The maximum absolute atomic E-state index is 3.75. The molecule has 0 nitrogen and oxygen atoms in total. The molecule has 138 valence electrons. The number of allylic oxidation sites excluding steroid dienone is 6. The van der Waals surface area contributed by atoms with Gasteiger partial charge >= 0.3 is 179 Å². The molecule has 0 bridgehead atoms. The van der Waals surface area contributed by atoms with E-state index in [-0.39, 0.29) is 24.8 Å². The van der Waals surface area contributed by atoms with Gasteiger partial charge in [-0.15, -0.1) is 0 Å². The average molecular weight is 632 g/mol. The van der Waals surface area contributed by atoms with Gasteiger partial charge in [-0.3, -0.25) is 0 Å². The maximum Gasteiger partial charge on any atom is -1.00 e. The van der Waals surface area contributed by atoms with Crippen molar-refractivity contribution in [2.75, 3.05) is 0 Å². The Morgan fingerprint density at radius 2 is 1.23 bits per heavy atom. The zero-order valence-corrected chi connectivity index (χ0v) is 23.6. The third kappa shape index (κ3) is 3.77. The normalized spacial score (nSPS) is 25.4. The largest absolute Gasteiger partial charge is 1.00 e. The molecule has 2 aliphatic heterocycles. The number of thioether (sulfide) groups is 2. The minimum atomic E-state index is -2.03. The zero-order valence-electron chi connectivity index (χ0n) is 14.8. The molecule has 2 unspecified atom stereocenters. The first-order chi connectivity index (χ1) is 11.4. The number of fused-ring (bicyclic) bond motifs is 2. The van der Waals surface area contributed by atoms with E-state index in [0.29, 0.717) is 10.5 Å². The second-order valence-electron chi connectivity index (χ2n) is 6.73. The van der Waals surface area contributed by atoms with Crippen LogP contribution in [0.25, 0.3) is 0 Å². The van der Waals surface area contributed by atoms with Gasteiger partial charge in [-0.2, -0.15) is 0 Å². The molecule has 2 aliphatic carbocycles. The summed E-state index contributed by atoms with van der Waals surface area (Å²) >= 11 is 9.47. The topological polar surface area (TPSA) is 0 Å². The summed E-state index contributed by atoms with van der Waals surface area (Å²) in [4.78, 5) is 0. The van der Waals surface area contributed by atoms with E-state index in [2.05, 4.69) is 82.5 Å². The second kappa shape index (κ2) is 9.06. The van der Waals surface area contributed by atoms with E-state index < -0.39 is 21.3 Å². The molecule has 0 fully saturated rings. The zero-order chi connectivity index (χ0) is 17.2. The Bertz CT molecular complexity index is 821. The van der Waals surface area contributed by atoms with Crippen molar-refractivity contribution in [3.05, 3.63) is 60.8 Å². The van der Waals surface area contributed by atoms with Gasteiger partial charge in [0.05, 0.1) is 0 Å². The van der Waals surface area contributed by atoms with Gasteiger partial charge in [0.1, 0.15) is 0 Å². The van der Waals surface area contributed by atoms with Gasteiger partial charge in [-0.05, 0) is 0 Å². The minimum absolute atomic E-state index is 0. The second-order valence-corrected chi connectivity index (χ2v) is 17.3. The van der Waals surface area contributed by atoms with Gasteiger partial charge in [-0.1, -0.05) is 0 Å². The molecule has 7 heteroatoms. The van der Waals surface area contributed by atoms with Crippen molar-refractivity contribution < 1.29 is 46.1 Å². The first-order valence-electron chi connectivity index (χ1n) is 7.96. The molecule has 4 aliphatic rings. The van der Waals surface area contributed by atoms with E-state index in [1.165, 1.54) is 31.3 Å². The van der Waals surface area contributed by atoms with Crippen LogP contribution in [-0.4, -0.2) is 13.7 Å². The molecule has 2 heterocycles. The molecule has 0 aromatic heterocycles. The van der Waals surface area contributed by atoms with Crippen molar-refractivity contribution in [2.45, 2.75) is 38.2 Å².